The molecule has 0 unspecified atom stereocenters. The van der Waals surface area contributed by atoms with Gasteiger partial charge in [0.05, 0.1) is 15.3 Å². The molecule has 4 aromatic carbocycles. The van der Waals surface area contributed by atoms with E-state index >= 15 is 0 Å². The Balaban J connectivity index is 1.24. The van der Waals surface area contributed by atoms with Crippen molar-refractivity contribution in [3.8, 4) is 0 Å². The lowest BCUT2D eigenvalue weighted by atomic mass is 10.0. The number of hydrogen-bond donors (Lipinski definition) is 0. The SMILES string of the molecule is Cc1ccc(S(=O)(=O)N(C)c2nc3ccc(N4CCc5c(c6cc(F)ccc6n5S(=O)(=O)c5ccc(C)cc5)C4)cc3o2)cc1. The first-order chi connectivity index (χ1) is 21.4. The minimum absolute atomic E-state index is 0.0662. The molecule has 0 N–H and O–H groups in total. The molecule has 0 saturated heterocycles. The van der Waals surface area contributed by atoms with Crippen molar-refractivity contribution in [2.45, 2.75) is 36.6 Å². The molecule has 0 fully saturated rings. The summed E-state index contributed by atoms with van der Waals surface area (Å²) in [7, 11) is -6.44. The molecule has 0 atom stereocenters. The summed E-state index contributed by atoms with van der Waals surface area (Å²) in [5, 5.41) is 0.538. The summed E-state index contributed by atoms with van der Waals surface area (Å²) in [4.78, 5) is 6.76. The number of halogens is 1. The molecule has 12 heteroatoms. The van der Waals surface area contributed by atoms with Gasteiger partial charge in [0.15, 0.2) is 5.58 Å². The molecular formula is C33H29FN4O5S2. The topological polar surface area (TPSA) is 106 Å². The predicted octanol–water partition coefficient (Wildman–Crippen LogP) is 6.16. The summed E-state index contributed by atoms with van der Waals surface area (Å²) in [6, 6.07) is 22.7. The minimum Gasteiger partial charge on any atom is -0.423 e. The quantitative estimate of drug-likeness (QED) is 0.214. The highest BCUT2D eigenvalue weighted by atomic mass is 32.2. The van der Waals surface area contributed by atoms with E-state index in [4.69, 9.17) is 4.42 Å². The van der Waals surface area contributed by atoms with E-state index in [2.05, 4.69) is 9.88 Å². The molecule has 0 radical (unpaired) electrons. The third kappa shape index (κ3) is 4.84. The fourth-order valence-corrected chi connectivity index (χ4v) is 8.48. The van der Waals surface area contributed by atoms with Crippen molar-refractivity contribution in [2.75, 3.05) is 22.8 Å². The third-order valence-corrected chi connectivity index (χ3v) is 11.8. The zero-order chi connectivity index (χ0) is 31.7. The second kappa shape index (κ2) is 10.5. The maximum absolute atomic E-state index is 14.5. The first-order valence-electron chi connectivity index (χ1n) is 14.3. The van der Waals surface area contributed by atoms with Gasteiger partial charge in [0.25, 0.3) is 20.0 Å². The van der Waals surface area contributed by atoms with Crippen molar-refractivity contribution in [3.05, 3.63) is 113 Å². The molecule has 0 amide bonds. The van der Waals surface area contributed by atoms with Crippen LogP contribution in [-0.4, -0.2) is 39.4 Å². The first-order valence-corrected chi connectivity index (χ1v) is 17.2. The van der Waals surface area contributed by atoms with Crippen LogP contribution in [0.3, 0.4) is 0 Å². The van der Waals surface area contributed by atoms with Gasteiger partial charge in [-0.25, -0.2) is 29.5 Å². The number of fused-ring (bicyclic) bond motifs is 4. The van der Waals surface area contributed by atoms with Crippen LogP contribution >= 0.6 is 0 Å². The van der Waals surface area contributed by atoms with Crippen LogP contribution in [0.25, 0.3) is 22.0 Å². The van der Waals surface area contributed by atoms with Crippen LogP contribution in [0.4, 0.5) is 16.1 Å². The van der Waals surface area contributed by atoms with Gasteiger partial charge in [-0.2, -0.15) is 4.98 Å². The molecular weight excluding hydrogens is 616 g/mol. The molecule has 1 aliphatic rings. The average molecular weight is 645 g/mol. The summed E-state index contributed by atoms with van der Waals surface area (Å²) in [6.07, 6.45) is 0.397. The van der Waals surface area contributed by atoms with Gasteiger partial charge in [-0.05, 0) is 68.4 Å². The van der Waals surface area contributed by atoms with Gasteiger partial charge in [0.2, 0.25) is 0 Å². The van der Waals surface area contributed by atoms with E-state index in [-0.39, 0.29) is 15.8 Å². The largest absolute Gasteiger partial charge is 0.423 e. The van der Waals surface area contributed by atoms with Crippen LogP contribution in [0.15, 0.2) is 99.1 Å². The van der Waals surface area contributed by atoms with Gasteiger partial charge in [0, 0.05) is 55.0 Å². The summed E-state index contributed by atoms with van der Waals surface area (Å²) in [6.45, 7) is 4.60. The number of rotatable bonds is 6. The summed E-state index contributed by atoms with van der Waals surface area (Å²) >= 11 is 0. The zero-order valence-electron chi connectivity index (χ0n) is 24.7. The van der Waals surface area contributed by atoms with Crippen molar-refractivity contribution in [3.63, 3.8) is 0 Å². The highest BCUT2D eigenvalue weighted by Crippen LogP contribution is 2.37. The number of benzene rings is 4. The van der Waals surface area contributed by atoms with Crippen LogP contribution in [0.1, 0.15) is 22.4 Å². The Morgan fingerprint density at radius 1 is 0.844 bits per heavy atom. The van der Waals surface area contributed by atoms with Gasteiger partial charge in [-0.3, -0.25) is 0 Å². The Morgan fingerprint density at radius 3 is 2.20 bits per heavy atom. The van der Waals surface area contributed by atoms with Crippen molar-refractivity contribution in [1.82, 2.24) is 8.96 Å². The van der Waals surface area contributed by atoms with Crippen LogP contribution < -0.4 is 9.21 Å². The van der Waals surface area contributed by atoms with Crippen LogP contribution in [0.2, 0.25) is 0 Å². The fourth-order valence-electron chi connectivity index (χ4n) is 5.80. The molecule has 0 aliphatic carbocycles. The van der Waals surface area contributed by atoms with Crippen molar-refractivity contribution in [1.29, 1.82) is 0 Å². The summed E-state index contributed by atoms with van der Waals surface area (Å²) in [5.74, 6) is -0.451. The Hall–Kier alpha value is -4.68. The molecule has 0 saturated carbocycles. The summed E-state index contributed by atoms with van der Waals surface area (Å²) < 4.78 is 77.0. The molecule has 0 spiro atoms. The monoisotopic (exact) mass is 644 g/mol. The third-order valence-electron chi connectivity index (χ3n) is 8.30. The Bertz CT molecular complexity index is 2330. The average Bonchev–Trinajstić information content (AvgIpc) is 3.59. The van der Waals surface area contributed by atoms with E-state index in [1.54, 1.807) is 60.7 Å². The highest BCUT2D eigenvalue weighted by molar-refractivity contribution is 7.92. The lowest BCUT2D eigenvalue weighted by molar-refractivity contribution is 0.574. The first kappa shape index (κ1) is 29.1. The lowest BCUT2D eigenvalue weighted by Gasteiger charge is -2.30. The predicted molar refractivity (Wildman–Crippen MR) is 171 cm³/mol. The van der Waals surface area contributed by atoms with Crippen molar-refractivity contribution < 1.29 is 25.6 Å². The number of hydrogen-bond acceptors (Lipinski definition) is 7. The number of aromatic nitrogens is 2. The number of anilines is 2. The minimum atomic E-state index is -3.95. The molecule has 45 heavy (non-hydrogen) atoms. The van der Waals surface area contributed by atoms with E-state index in [0.29, 0.717) is 47.2 Å². The smallest absolute Gasteiger partial charge is 0.312 e. The van der Waals surface area contributed by atoms with Crippen molar-refractivity contribution in [2.24, 2.45) is 0 Å². The van der Waals surface area contributed by atoms with Gasteiger partial charge in [-0.1, -0.05) is 35.4 Å². The lowest BCUT2D eigenvalue weighted by Crippen LogP contribution is -2.31. The molecule has 6 aromatic rings. The molecule has 230 valence electrons. The number of aryl methyl sites for hydroxylation is 2. The fraction of sp³-hybridized carbons (Fsp3) is 0.182. The highest BCUT2D eigenvalue weighted by Gasteiger charge is 2.31. The van der Waals surface area contributed by atoms with Gasteiger partial charge in [0.1, 0.15) is 11.3 Å². The van der Waals surface area contributed by atoms with Gasteiger partial charge < -0.3 is 9.32 Å². The van der Waals surface area contributed by atoms with Crippen LogP contribution in [0.5, 0.6) is 0 Å². The Kier molecular flexibility index (Phi) is 6.75. The van der Waals surface area contributed by atoms with E-state index in [1.165, 1.54) is 29.2 Å². The van der Waals surface area contributed by atoms with Crippen molar-refractivity contribution >= 4 is 53.8 Å². The van der Waals surface area contributed by atoms with E-state index in [0.717, 1.165) is 26.7 Å². The molecule has 9 nitrogen and oxygen atoms in total. The second-order valence-corrected chi connectivity index (χ2v) is 15.0. The maximum Gasteiger partial charge on any atom is 0.312 e. The summed E-state index contributed by atoms with van der Waals surface area (Å²) in [5.41, 5.74) is 5.33. The number of sulfonamides is 1. The van der Waals surface area contributed by atoms with Gasteiger partial charge in [-0.15, -0.1) is 0 Å². The maximum atomic E-state index is 14.5. The van der Waals surface area contributed by atoms with E-state index in [9.17, 15) is 21.2 Å². The molecule has 0 bridgehead atoms. The van der Waals surface area contributed by atoms with Gasteiger partial charge >= 0.3 is 6.01 Å². The normalized spacial score (nSPS) is 13.8. The van der Waals surface area contributed by atoms with Crippen LogP contribution in [-0.2, 0) is 33.0 Å². The molecule has 3 heterocycles. The van der Waals surface area contributed by atoms with E-state index in [1.807, 2.05) is 19.9 Å². The second-order valence-electron chi connectivity index (χ2n) is 11.3. The Morgan fingerprint density at radius 2 is 1.51 bits per heavy atom. The van der Waals surface area contributed by atoms with Crippen LogP contribution in [0, 0.1) is 19.7 Å². The van der Waals surface area contributed by atoms with E-state index < -0.39 is 25.9 Å². The molecule has 1 aliphatic heterocycles. The number of nitrogens with zero attached hydrogens (tertiary/aromatic N) is 4. The Labute approximate surface area is 260 Å². The zero-order valence-corrected chi connectivity index (χ0v) is 26.4. The molecule has 2 aromatic heterocycles. The molecule has 7 rings (SSSR count). The number of oxazole rings is 1. The standard InChI is InChI=1S/C33H29FN4O5S2/c1-21-4-10-25(11-5-21)44(39,40)36(3)33-35-29-14-9-24(19-32(29)43-33)37-17-16-31-28(20-37)27-18-23(34)8-15-30(27)38(31)45(41,42)26-12-6-22(2)7-13-26/h4-15,18-19H,16-17,20H2,1-3H3.